The fourth-order valence-corrected chi connectivity index (χ4v) is 1.55. The third kappa shape index (κ3) is 1.44. The van der Waals surface area contributed by atoms with Gasteiger partial charge in [0.15, 0.2) is 11.5 Å². The van der Waals surface area contributed by atoms with Gasteiger partial charge in [-0.05, 0) is 36.4 Å². The predicted octanol–water partition coefficient (Wildman–Crippen LogP) is 2.54. The van der Waals surface area contributed by atoms with Crippen molar-refractivity contribution in [3.05, 3.63) is 54.5 Å². The quantitative estimate of drug-likeness (QED) is 0.621. The molecule has 78 valence electrons. The maximum atomic E-state index is 12.8. The van der Waals surface area contributed by atoms with Crippen molar-refractivity contribution in [3.63, 3.8) is 0 Å². The minimum atomic E-state index is -0.257. The summed E-state index contributed by atoms with van der Waals surface area (Å²) in [5.74, 6) is 0.346. The van der Waals surface area contributed by atoms with E-state index >= 15 is 0 Å². The van der Waals surface area contributed by atoms with Crippen LogP contribution in [0.4, 0.5) is 4.39 Å². The molecule has 0 fully saturated rings. The van der Waals surface area contributed by atoms with E-state index in [-0.39, 0.29) is 5.82 Å². The predicted molar refractivity (Wildman–Crippen MR) is 58.4 cm³/mol. The van der Waals surface area contributed by atoms with Crippen molar-refractivity contribution in [1.82, 2.24) is 14.6 Å². The zero-order valence-electron chi connectivity index (χ0n) is 8.34. The van der Waals surface area contributed by atoms with Crippen molar-refractivity contribution < 1.29 is 4.39 Å². The van der Waals surface area contributed by atoms with E-state index in [2.05, 4.69) is 10.1 Å². The molecule has 0 radical (unpaired) electrons. The molecule has 3 aromatic rings. The molecular weight excluding hydrogens is 205 g/mol. The molecular formula is C12H8FN3. The Bertz CT molecular complexity index is 595. The molecule has 0 N–H and O–H groups in total. The fraction of sp³-hybridized carbons (Fsp3) is 0. The fourth-order valence-electron chi connectivity index (χ4n) is 1.55. The number of nitrogens with zero attached hydrogens (tertiary/aromatic N) is 3. The Morgan fingerprint density at radius 1 is 1.00 bits per heavy atom. The Labute approximate surface area is 91.2 Å². The number of fused-ring (bicyclic) bond motifs is 1. The van der Waals surface area contributed by atoms with Crippen LogP contribution in [0.1, 0.15) is 0 Å². The lowest BCUT2D eigenvalue weighted by molar-refractivity contribution is 0.628. The summed E-state index contributed by atoms with van der Waals surface area (Å²) in [6.07, 6.45) is 1.83. The van der Waals surface area contributed by atoms with Crippen LogP contribution in [0.2, 0.25) is 0 Å². The molecule has 0 saturated heterocycles. The molecule has 0 amide bonds. The summed E-state index contributed by atoms with van der Waals surface area (Å²) in [5, 5.41) is 4.30. The summed E-state index contributed by atoms with van der Waals surface area (Å²) in [4.78, 5) is 4.34. The van der Waals surface area contributed by atoms with E-state index in [1.54, 1.807) is 16.6 Å². The lowest BCUT2D eigenvalue weighted by Crippen LogP contribution is -1.85. The van der Waals surface area contributed by atoms with Gasteiger partial charge in [0, 0.05) is 11.8 Å². The Morgan fingerprint density at radius 2 is 1.81 bits per heavy atom. The average molecular weight is 213 g/mol. The number of hydrogen-bond donors (Lipinski definition) is 0. The highest BCUT2D eigenvalue weighted by Crippen LogP contribution is 2.16. The van der Waals surface area contributed by atoms with Crippen LogP contribution in [-0.2, 0) is 0 Å². The molecule has 0 saturated carbocycles. The summed E-state index contributed by atoms with van der Waals surface area (Å²) in [5.41, 5.74) is 1.59. The Morgan fingerprint density at radius 3 is 2.56 bits per heavy atom. The largest absolute Gasteiger partial charge is 0.221 e. The van der Waals surface area contributed by atoms with Gasteiger partial charge in [-0.3, -0.25) is 0 Å². The third-order valence-electron chi connectivity index (χ3n) is 2.34. The van der Waals surface area contributed by atoms with Crippen molar-refractivity contribution in [1.29, 1.82) is 0 Å². The van der Waals surface area contributed by atoms with Crippen molar-refractivity contribution in [3.8, 4) is 11.4 Å². The second kappa shape index (κ2) is 3.41. The second-order valence-corrected chi connectivity index (χ2v) is 3.45. The third-order valence-corrected chi connectivity index (χ3v) is 2.34. The van der Waals surface area contributed by atoms with E-state index in [4.69, 9.17) is 0 Å². The first-order chi connectivity index (χ1) is 7.83. The van der Waals surface area contributed by atoms with Crippen LogP contribution in [0.3, 0.4) is 0 Å². The van der Waals surface area contributed by atoms with Crippen LogP contribution in [0.15, 0.2) is 48.7 Å². The van der Waals surface area contributed by atoms with Gasteiger partial charge < -0.3 is 0 Å². The Balaban J connectivity index is 2.15. The maximum absolute atomic E-state index is 12.8. The smallest absolute Gasteiger partial charge is 0.182 e. The van der Waals surface area contributed by atoms with Crippen LogP contribution in [0, 0.1) is 5.82 Å². The Kier molecular flexibility index (Phi) is 1.93. The standard InChI is InChI=1S/C12H8FN3/c13-10-6-4-9(5-7-10)12-14-11-3-1-2-8-16(11)15-12/h1-8H. The van der Waals surface area contributed by atoms with Crippen molar-refractivity contribution in [2.45, 2.75) is 0 Å². The topological polar surface area (TPSA) is 30.2 Å². The molecule has 0 bridgehead atoms. The molecule has 0 unspecified atom stereocenters. The number of aromatic nitrogens is 3. The van der Waals surface area contributed by atoms with Gasteiger partial charge in [0.1, 0.15) is 5.82 Å². The molecule has 0 atom stereocenters. The van der Waals surface area contributed by atoms with Crippen LogP contribution in [0.5, 0.6) is 0 Å². The number of pyridine rings is 1. The first kappa shape index (κ1) is 9.03. The van der Waals surface area contributed by atoms with Gasteiger partial charge in [0.25, 0.3) is 0 Å². The number of halogens is 1. The molecule has 0 aliphatic carbocycles. The molecule has 3 nitrogen and oxygen atoms in total. The summed E-state index contributed by atoms with van der Waals surface area (Å²) < 4.78 is 14.5. The molecule has 0 spiro atoms. The molecule has 2 heterocycles. The monoisotopic (exact) mass is 213 g/mol. The second-order valence-electron chi connectivity index (χ2n) is 3.45. The highest BCUT2D eigenvalue weighted by atomic mass is 19.1. The van der Waals surface area contributed by atoms with E-state index in [1.807, 2.05) is 24.4 Å². The molecule has 2 aromatic heterocycles. The lowest BCUT2D eigenvalue weighted by Gasteiger charge is -1.93. The van der Waals surface area contributed by atoms with E-state index in [0.29, 0.717) is 5.82 Å². The van der Waals surface area contributed by atoms with Crippen molar-refractivity contribution >= 4 is 5.65 Å². The normalized spacial score (nSPS) is 10.8. The molecule has 0 aliphatic rings. The van der Waals surface area contributed by atoms with Crippen LogP contribution in [0.25, 0.3) is 17.0 Å². The van der Waals surface area contributed by atoms with Crippen LogP contribution < -0.4 is 0 Å². The maximum Gasteiger partial charge on any atom is 0.182 e. The summed E-state index contributed by atoms with van der Waals surface area (Å²) in [6, 6.07) is 11.8. The van der Waals surface area contributed by atoms with Gasteiger partial charge in [-0.15, -0.1) is 5.10 Å². The van der Waals surface area contributed by atoms with Gasteiger partial charge in [-0.1, -0.05) is 6.07 Å². The molecule has 4 heteroatoms. The van der Waals surface area contributed by atoms with E-state index in [0.717, 1.165) is 11.2 Å². The number of rotatable bonds is 1. The lowest BCUT2D eigenvalue weighted by atomic mass is 10.2. The number of hydrogen-bond acceptors (Lipinski definition) is 2. The highest BCUT2D eigenvalue weighted by molar-refractivity contribution is 5.57. The zero-order valence-corrected chi connectivity index (χ0v) is 8.34. The first-order valence-electron chi connectivity index (χ1n) is 4.90. The summed E-state index contributed by atoms with van der Waals surface area (Å²) >= 11 is 0. The van der Waals surface area contributed by atoms with Crippen LogP contribution in [-0.4, -0.2) is 14.6 Å². The molecule has 3 rings (SSSR count). The van der Waals surface area contributed by atoms with Crippen LogP contribution >= 0.6 is 0 Å². The van der Waals surface area contributed by atoms with Gasteiger partial charge in [0.05, 0.1) is 0 Å². The molecule has 0 aliphatic heterocycles. The van der Waals surface area contributed by atoms with Gasteiger partial charge in [-0.2, -0.15) is 0 Å². The minimum Gasteiger partial charge on any atom is -0.221 e. The Hall–Kier alpha value is -2.23. The van der Waals surface area contributed by atoms with Crippen molar-refractivity contribution in [2.24, 2.45) is 0 Å². The SMILES string of the molecule is Fc1ccc(-c2nc3ccccn3n2)cc1. The highest BCUT2D eigenvalue weighted by Gasteiger charge is 2.05. The zero-order chi connectivity index (χ0) is 11.0. The molecule has 16 heavy (non-hydrogen) atoms. The number of benzene rings is 1. The minimum absolute atomic E-state index is 0.257. The molecule has 1 aromatic carbocycles. The van der Waals surface area contributed by atoms with E-state index in [9.17, 15) is 4.39 Å². The first-order valence-corrected chi connectivity index (χ1v) is 4.90. The van der Waals surface area contributed by atoms with E-state index < -0.39 is 0 Å². The van der Waals surface area contributed by atoms with Gasteiger partial charge >= 0.3 is 0 Å². The van der Waals surface area contributed by atoms with Crippen molar-refractivity contribution in [2.75, 3.05) is 0 Å². The summed E-state index contributed by atoms with van der Waals surface area (Å²) in [6.45, 7) is 0. The van der Waals surface area contributed by atoms with Gasteiger partial charge in [-0.25, -0.2) is 13.9 Å². The van der Waals surface area contributed by atoms with E-state index in [1.165, 1.54) is 12.1 Å². The average Bonchev–Trinajstić information content (AvgIpc) is 2.73. The summed E-state index contributed by atoms with van der Waals surface area (Å²) in [7, 11) is 0. The van der Waals surface area contributed by atoms with Gasteiger partial charge in [0.2, 0.25) is 0 Å².